The molecule has 0 saturated heterocycles. The molecule has 2 aromatic carbocycles. The van der Waals surface area contributed by atoms with Crippen molar-refractivity contribution >= 4 is 11.0 Å². The Labute approximate surface area is 194 Å². The van der Waals surface area contributed by atoms with E-state index in [4.69, 9.17) is 10.2 Å². The molecular weight excluding hydrogens is 394 g/mol. The molecule has 4 heteroatoms. The lowest BCUT2D eigenvalue weighted by Crippen LogP contribution is -2.15. The van der Waals surface area contributed by atoms with Crippen LogP contribution in [0.2, 0.25) is 0 Å². The smallest absolute Gasteiger partial charge is 0.115 e. The Hall–Kier alpha value is -2.36. The predicted molar refractivity (Wildman–Crippen MR) is 134 cm³/mol. The van der Waals surface area contributed by atoms with Crippen LogP contribution in [0.3, 0.4) is 0 Å². The fourth-order valence-corrected chi connectivity index (χ4v) is 4.46. The van der Waals surface area contributed by atoms with Crippen LogP contribution in [0.1, 0.15) is 102 Å². The molecule has 1 N–H and O–H groups in total. The van der Waals surface area contributed by atoms with E-state index in [0.717, 1.165) is 23.9 Å². The maximum Gasteiger partial charge on any atom is 0.115 e. The highest BCUT2D eigenvalue weighted by molar-refractivity contribution is 5.72. The second-order valence-corrected chi connectivity index (χ2v) is 9.21. The molecule has 174 valence electrons. The average molecular weight is 436 g/mol. The van der Waals surface area contributed by atoms with Crippen LogP contribution in [0.5, 0.6) is 5.75 Å². The molecule has 32 heavy (non-hydrogen) atoms. The van der Waals surface area contributed by atoms with Crippen molar-refractivity contribution in [2.75, 3.05) is 0 Å². The van der Waals surface area contributed by atoms with Gasteiger partial charge in [0.15, 0.2) is 0 Å². The topological polar surface area (TPSA) is 50.9 Å². The van der Waals surface area contributed by atoms with Gasteiger partial charge in [0.1, 0.15) is 16.8 Å². The van der Waals surface area contributed by atoms with Gasteiger partial charge in [0.05, 0.1) is 6.04 Å². The van der Waals surface area contributed by atoms with Crippen molar-refractivity contribution in [1.29, 1.82) is 0 Å². The van der Waals surface area contributed by atoms with E-state index in [-0.39, 0.29) is 6.04 Å². The fraction of sp³-hybridized carbons (Fsp3) is 0.571. The first-order valence-electron chi connectivity index (χ1n) is 12.9. The standard InChI is InChI=1S/C28H41N3O/c1-2-3-4-5-6-7-8-9-10-11-12-13-16-25(23-24-19-21-26(32)22-20-24)31-29-27-17-14-15-18-28(27)30-31/h14-15,17-22,25,32H,2-13,16,23H2,1H3. The molecule has 3 rings (SSSR count). The highest BCUT2D eigenvalue weighted by Gasteiger charge is 2.15. The molecule has 0 saturated carbocycles. The van der Waals surface area contributed by atoms with Gasteiger partial charge in [-0.3, -0.25) is 0 Å². The summed E-state index contributed by atoms with van der Waals surface area (Å²) in [7, 11) is 0. The van der Waals surface area contributed by atoms with Crippen molar-refractivity contribution < 1.29 is 5.11 Å². The van der Waals surface area contributed by atoms with Crippen LogP contribution in [-0.4, -0.2) is 20.1 Å². The summed E-state index contributed by atoms with van der Waals surface area (Å²) in [5, 5.41) is 19.1. The summed E-state index contributed by atoms with van der Waals surface area (Å²) in [5.41, 5.74) is 3.13. The normalized spacial score (nSPS) is 12.4. The number of nitrogens with zero attached hydrogens (tertiary/aromatic N) is 3. The molecule has 1 unspecified atom stereocenters. The highest BCUT2D eigenvalue weighted by Crippen LogP contribution is 2.23. The van der Waals surface area contributed by atoms with E-state index in [2.05, 4.69) is 6.92 Å². The minimum atomic E-state index is 0.245. The predicted octanol–water partition coefficient (Wildman–Crippen LogP) is 8.01. The summed E-state index contributed by atoms with van der Waals surface area (Å²) in [5.74, 6) is 0.314. The minimum absolute atomic E-state index is 0.245. The molecule has 0 aliphatic rings. The second kappa shape index (κ2) is 13.9. The Morgan fingerprint density at radius 2 is 1.19 bits per heavy atom. The Bertz CT molecular complexity index is 854. The molecule has 0 spiro atoms. The summed E-state index contributed by atoms with van der Waals surface area (Å²) in [6.45, 7) is 2.28. The number of phenols is 1. The average Bonchev–Trinajstić information content (AvgIpc) is 3.24. The second-order valence-electron chi connectivity index (χ2n) is 9.21. The summed E-state index contributed by atoms with van der Waals surface area (Å²) >= 11 is 0. The number of unbranched alkanes of at least 4 members (excludes halogenated alkanes) is 11. The van der Waals surface area contributed by atoms with Crippen molar-refractivity contribution in [3.05, 3.63) is 54.1 Å². The lowest BCUT2D eigenvalue weighted by Gasteiger charge is -2.16. The van der Waals surface area contributed by atoms with Gasteiger partial charge in [0.2, 0.25) is 0 Å². The van der Waals surface area contributed by atoms with Gasteiger partial charge in [-0.1, -0.05) is 108 Å². The van der Waals surface area contributed by atoms with Crippen molar-refractivity contribution in [3.8, 4) is 5.75 Å². The van der Waals surface area contributed by atoms with Gasteiger partial charge in [0, 0.05) is 0 Å². The number of hydrogen-bond acceptors (Lipinski definition) is 3. The third-order valence-corrected chi connectivity index (χ3v) is 6.43. The maximum atomic E-state index is 9.60. The van der Waals surface area contributed by atoms with Crippen LogP contribution >= 0.6 is 0 Å². The third-order valence-electron chi connectivity index (χ3n) is 6.43. The van der Waals surface area contributed by atoms with Crippen molar-refractivity contribution in [2.24, 2.45) is 0 Å². The Kier molecular flexibility index (Phi) is 10.6. The zero-order valence-electron chi connectivity index (χ0n) is 19.9. The molecule has 1 atom stereocenters. The number of hydrogen-bond donors (Lipinski definition) is 1. The number of benzene rings is 2. The van der Waals surface area contributed by atoms with Gasteiger partial charge in [-0.2, -0.15) is 15.0 Å². The number of rotatable bonds is 16. The SMILES string of the molecule is CCCCCCCCCCCCCCC(Cc1ccc(O)cc1)n1nc2ccccc2n1. The van der Waals surface area contributed by atoms with Crippen molar-refractivity contribution in [2.45, 2.75) is 103 Å². The molecule has 0 amide bonds. The first kappa shape index (κ1) is 24.3. The fourth-order valence-electron chi connectivity index (χ4n) is 4.46. The monoisotopic (exact) mass is 435 g/mol. The Morgan fingerprint density at radius 3 is 1.72 bits per heavy atom. The first-order valence-corrected chi connectivity index (χ1v) is 12.9. The molecule has 0 radical (unpaired) electrons. The largest absolute Gasteiger partial charge is 0.508 e. The summed E-state index contributed by atoms with van der Waals surface area (Å²) in [4.78, 5) is 1.93. The summed E-state index contributed by atoms with van der Waals surface area (Å²) in [6, 6.07) is 15.9. The van der Waals surface area contributed by atoms with E-state index in [9.17, 15) is 5.11 Å². The van der Waals surface area contributed by atoms with Gasteiger partial charge >= 0.3 is 0 Å². The van der Waals surface area contributed by atoms with E-state index in [1.165, 1.54) is 82.6 Å². The molecule has 0 aliphatic carbocycles. The van der Waals surface area contributed by atoms with Crippen LogP contribution in [0.15, 0.2) is 48.5 Å². The first-order chi connectivity index (χ1) is 15.8. The minimum Gasteiger partial charge on any atom is -0.508 e. The highest BCUT2D eigenvalue weighted by atomic mass is 16.3. The van der Waals surface area contributed by atoms with Gasteiger partial charge < -0.3 is 5.11 Å². The zero-order valence-corrected chi connectivity index (χ0v) is 19.9. The van der Waals surface area contributed by atoms with Crippen LogP contribution in [0, 0.1) is 0 Å². The lowest BCUT2D eigenvalue weighted by molar-refractivity contribution is 0.366. The van der Waals surface area contributed by atoms with Crippen LogP contribution in [-0.2, 0) is 6.42 Å². The quantitative estimate of drug-likeness (QED) is 0.232. The maximum absolute atomic E-state index is 9.60. The van der Waals surface area contributed by atoms with E-state index >= 15 is 0 Å². The molecule has 0 bridgehead atoms. The zero-order chi connectivity index (χ0) is 22.4. The van der Waals surface area contributed by atoms with Crippen LogP contribution in [0.25, 0.3) is 11.0 Å². The molecule has 1 aromatic heterocycles. The van der Waals surface area contributed by atoms with Crippen LogP contribution < -0.4 is 0 Å². The number of fused-ring (bicyclic) bond motifs is 1. The molecule has 4 nitrogen and oxygen atoms in total. The van der Waals surface area contributed by atoms with Gasteiger partial charge in [-0.15, -0.1) is 0 Å². The van der Waals surface area contributed by atoms with E-state index in [1.54, 1.807) is 12.1 Å². The number of aromatic hydroxyl groups is 1. The number of phenolic OH excluding ortho intramolecular Hbond substituents is 1. The van der Waals surface area contributed by atoms with E-state index in [0.29, 0.717) is 5.75 Å². The van der Waals surface area contributed by atoms with Gasteiger partial charge in [-0.05, 0) is 42.7 Å². The lowest BCUT2D eigenvalue weighted by atomic mass is 9.99. The summed E-state index contributed by atoms with van der Waals surface area (Å²) < 4.78 is 0. The van der Waals surface area contributed by atoms with E-state index < -0.39 is 0 Å². The van der Waals surface area contributed by atoms with Crippen molar-refractivity contribution in [3.63, 3.8) is 0 Å². The Morgan fingerprint density at radius 1 is 0.688 bits per heavy atom. The van der Waals surface area contributed by atoms with E-state index in [1.807, 2.05) is 41.2 Å². The molecule has 1 heterocycles. The van der Waals surface area contributed by atoms with Crippen LogP contribution in [0.4, 0.5) is 0 Å². The summed E-state index contributed by atoms with van der Waals surface area (Å²) in [6.07, 6.45) is 18.4. The number of aromatic nitrogens is 3. The third kappa shape index (κ3) is 8.29. The van der Waals surface area contributed by atoms with Crippen molar-refractivity contribution in [1.82, 2.24) is 15.0 Å². The van der Waals surface area contributed by atoms with Gasteiger partial charge in [-0.25, -0.2) is 0 Å². The molecule has 0 aliphatic heterocycles. The van der Waals surface area contributed by atoms with Gasteiger partial charge in [0.25, 0.3) is 0 Å². The molecule has 3 aromatic rings. The molecular formula is C28H41N3O. The molecule has 0 fully saturated rings. The Balaban J connectivity index is 1.41.